The molecular formula is C40H27N. The van der Waals surface area contributed by atoms with Crippen LogP contribution in [0, 0.1) is 0 Å². The van der Waals surface area contributed by atoms with Crippen LogP contribution in [0.3, 0.4) is 0 Å². The minimum atomic E-state index is 1.15. The van der Waals surface area contributed by atoms with Gasteiger partial charge in [-0.25, -0.2) is 0 Å². The van der Waals surface area contributed by atoms with E-state index in [-0.39, 0.29) is 0 Å². The SMILES string of the molecule is C(=C1c2ccccc2-c2ccccc21)c1ccc(-n2c(-c3ccccc3)c3ccccc3c2-c2ccccc2)cc1. The largest absolute Gasteiger partial charge is 0.308 e. The summed E-state index contributed by atoms with van der Waals surface area (Å²) in [5, 5.41) is 2.51. The van der Waals surface area contributed by atoms with E-state index in [1.54, 1.807) is 0 Å². The Morgan fingerprint density at radius 3 is 1.27 bits per heavy atom. The van der Waals surface area contributed by atoms with Crippen LogP contribution in [0.15, 0.2) is 158 Å². The van der Waals surface area contributed by atoms with Crippen LogP contribution in [0.1, 0.15) is 16.7 Å². The highest BCUT2D eigenvalue weighted by Crippen LogP contribution is 2.45. The molecule has 0 unspecified atom stereocenters. The van der Waals surface area contributed by atoms with E-state index in [0.717, 1.165) is 5.69 Å². The molecule has 0 amide bonds. The normalized spacial score (nSPS) is 11.9. The molecule has 1 nitrogen and oxygen atoms in total. The molecule has 0 aliphatic heterocycles. The smallest absolute Gasteiger partial charge is 0.0613 e. The molecule has 1 heterocycles. The van der Waals surface area contributed by atoms with Crippen molar-refractivity contribution in [2.24, 2.45) is 0 Å². The first-order chi connectivity index (χ1) is 20.4. The zero-order valence-corrected chi connectivity index (χ0v) is 22.5. The van der Waals surface area contributed by atoms with Crippen molar-refractivity contribution in [2.45, 2.75) is 0 Å². The van der Waals surface area contributed by atoms with Gasteiger partial charge in [0.1, 0.15) is 0 Å². The van der Waals surface area contributed by atoms with E-state index < -0.39 is 0 Å². The summed E-state index contributed by atoms with van der Waals surface area (Å²) in [7, 11) is 0. The highest BCUT2D eigenvalue weighted by atomic mass is 15.0. The fourth-order valence-electron chi connectivity index (χ4n) is 6.36. The van der Waals surface area contributed by atoms with Crippen LogP contribution < -0.4 is 0 Å². The van der Waals surface area contributed by atoms with Gasteiger partial charge in [-0.15, -0.1) is 0 Å². The first-order valence-electron chi connectivity index (χ1n) is 14.1. The molecule has 192 valence electrons. The molecule has 1 aliphatic rings. The third-order valence-electron chi connectivity index (χ3n) is 8.17. The molecule has 0 radical (unpaired) electrons. The lowest BCUT2D eigenvalue weighted by molar-refractivity contribution is 1.10. The quantitative estimate of drug-likeness (QED) is 0.217. The maximum Gasteiger partial charge on any atom is 0.0613 e. The van der Waals surface area contributed by atoms with Gasteiger partial charge in [0.2, 0.25) is 0 Å². The van der Waals surface area contributed by atoms with Crippen molar-refractivity contribution >= 4 is 22.4 Å². The van der Waals surface area contributed by atoms with Gasteiger partial charge in [-0.1, -0.05) is 146 Å². The molecule has 0 saturated heterocycles. The lowest BCUT2D eigenvalue weighted by atomic mass is 10.0. The van der Waals surface area contributed by atoms with E-state index in [1.165, 1.54) is 66.7 Å². The fourth-order valence-corrected chi connectivity index (χ4v) is 6.36. The van der Waals surface area contributed by atoms with E-state index in [2.05, 4.69) is 168 Å². The zero-order valence-electron chi connectivity index (χ0n) is 22.5. The summed E-state index contributed by atoms with van der Waals surface area (Å²) < 4.78 is 2.44. The summed E-state index contributed by atoms with van der Waals surface area (Å²) in [6.45, 7) is 0. The number of hydrogen-bond acceptors (Lipinski definition) is 0. The van der Waals surface area contributed by atoms with Gasteiger partial charge in [0.25, 0.3) is 0 Å². The number of aromatic nitrogens is 1. The Morgan fingerprint density at radius 2 is 0.780 bits per heavy atom. The summed E-state index contributed by atoms with van der Waals surface area (Å²) >= 11 is 0. The molecule has 1 heteroatoms. The monoisotopic (exact) mass is 521 g/mol. The number of benzene rings is 6. The van der Waals surface area contributed by atoms with Gasteiger partial charge < -0.3 is 4.57 Å². The van der Waals surface area contributed by atoms with Gasteiger partial charge in [-0.2, -0.15) is 0 Å². The Kier molecular flexibility index (Phi) is 5.53. The van der Waals surface area contributed by atoms with E-state index in [9.17, 15) is 0 Å². The summed E-state index contributed by atoms with van der Waals surface area (Å²) in [5.41, 5.74) is 13.7. The predicted molar refractivity (Wildman–Crippen MR) is 173 cm³/mol. The molecule has 0 atom stereocenters. The van der Waals surface area contributed by atoms with E-state index >= 15 is 0 Å². The Hall–Kier alpha value is -5.40. The maximum absolute atomic E-state index is 2.44. The molecule has 7 aromatic rings. The number of nitrogens with zero attached hydrogens (tertiary/aromatic N) is 1. The van der Waals surface area contributed by atoms with Crippen LogP contribution in [0.5, 0.6) is 0 Å². The Bertz CT molecular complexity index is 1940. The van der Waals surface area contributed by atoms with Gasteiger partial charge in [-0.05, 0) is 62.7 Å². The molecule has 8 rings (SSSR count). The Morgan fingerprint density at radius 1 is 0.366 bits per heavy atom. The molecule has 0 N–H and O–H groups in total. The minimum absolute atomic E-state index is 1.15. The van der Waals surface area contributed by atoms with Gasteiger partial charge in [0.15, 0.2) is 0 Å². The third-order valence-corrected chi connectivity index (χ3v) is 8.17. The van der Waals surface area contributed by atoms with E-state index in [4.69, 9.17) is 0 Å². The second-order valence-electron chi connectivity index (χ2n) is 10.6. The minimum Gasteiger partial charge on any atom is -0.308 e. The van der Waals surface area contributed by atoms with Crippen LogP contribution in [0.2, 0.25) is 0 Å². The molecule has 0 fully saturated rings. The first-order valence-corrected chi connectivity index (χ1v) is 14.1. The number of fused-ring (bicyclic) bond motifs is 4. The van der Waals surface area contributed by atoms with Crippen LogP contribution in [-0.4, -0.2) is 4.57 Å². The molecule has 0 bridgehead atoms. The van der Waals surface area contributed by atoms with Crippen molar-refractivity contribution in [3.63, 3.8) is 0 Å². The second kappa shape index (κ2) is 9.66. The molecule has 0 saturated carbocycles. The molecule has 6 aromatic carbocycles. The number of hydrogen-bond donors (Lipinski definition) is 0. The molecule has 41 heavy (non-hydrogen) atoms. The third kappa shape index (κ3) is 3.86. The van der Waals surface area contributed by atoms with Crippen molar-refractivity contribution in [3.8, 4) is 39.3 Å². The highest BCUT2D eigenvalue weighted by Gasteiger charge is 2.23. The molecular weight excluding hydrogens is 494 g/mol. The lowest BCUT2D eigenvalue weighted by Crippen LogP contribution is -1.99. The predicted octanol–water partition coefficient (Wildman–Crippen LogP) is 10.5. The van der Waals surface area contributed by atoms with Gasteiger partial charge in [0.05, 0.1) is 11.4 Å². The number of rotatable bonds is 4. The van der Waals surface area contributed by atoms with Crippen molar-refractivity contribution in [1.29, 1.82) is 0 Å². The van der Waals surface area contributed by atoms with Gasteiger partial charge in [-0.3, -0.25) is 0 Å². The van der Waals surface area contributed by atoms with Crippen molar-refractivity contribution < 1.29 is 0 Å². The molecule has 1 aliphatic carbocycles. The average molecular weight is 522 g/mol. The Labute approximate surface area is 240 Å². The summed E-state index contributed by atoms with van der Waals surface area (Å²) in [4.78, 5) is 0. The summed E-state index contributed by atoms with van der Waals surface area (Å²) in [6, 6.07) is 56.7. The molecule has 0 spiro atoms. The Balaban J connectivity index is 1.32. The fraction of sp³-hybridized carbons (Fsp3) is 0. The zero-order chi connectivity index (χ0) is 27.2. The maximum atomic E-state index is 2.44. The standard InChI is InChI=1S/C40H27N/c1-3-13-29(14-4-1)39-36-21-11-12-22-37(36)40(30-15-5-2-6-16-30)41(39)31-25-23-28(24-26-31)27-38-34-19-9-7-17-32(34)33-18-8-10-20-35(33)38/h1-27H. The molecule has 1 aromatic heterocycles. The first kappa shape index (κ1) is 23.5. The highest BCUT2D eigenvalue weighted by molar-refractivity contribution is 6.07. The average Bonchev–Trinajstić information content (AvgIpc) is 3.56. The van der Waals surface area contributed by atoms with Crippen molar-refractivity contribution in [2.75, 3.05) is 0 Å². The van der Waals surface area contributed by atoms with E-state index in [1.807, 2.05) is 0 Å². The van der Waals surface area contributed by atoms with Gasteiger partial charge in [0, 0.05) is 16.5 Å². The van der Waals surface area contributed by atoms with Crippen LogP contribution in [0.25, 0.3) is 61.8 Å². The van der Waals surface area contributed by atoms with Crippen LogP contribution >= 0.6 is 0 Å². The summed E-state index contributed by atoms with van der Waals surface area (Å²) in [5.74, 6) is 0. The summed E-state index contributed by atoms with van der Waals surface area (Å²) in [6.07, 6.45) is 2.33. The topological polar surface area (TPSA) is 4.93 Å². The van der Waals surface area contributed by atoms with E-state index in [0.29, 0.717) is 0 Å². The van der Waals surface area contributed by atoms with Crippen LogP contribution in [-0.2, 0) is 0 Å². The van der Waals surface area contributed by atoms with Crippen molar-refractivity contribution in [3.05, 3.63) is 174 Å². The second-order valence-corrected chi connectivity index (χ2v) is 10.6. The van der Waals surface area contributed by atoms with Gasteiger partial charge >= 0.3 is 0 Å². The van der Waals surface area contributed by atoms with Crippen LogP contribution in [0.4, 0.5) is 0 Å². The lowest BCUT2D eigenvalue weighted by Gasteiger charge is -2.15. The van der Waals surface area contributed by atoms with Crippen molar-refractivity contribution in [1.82, 2.24) is 4.57 Å².